The molecule has 0 heterocycles. The minimum absolute atomic E-state index is 0.235. The normalized spacial score (nSPS) is 12.7. The molecule has 0 aromatic heterocycles. The molecule has 1 aromatic rings. The van der Waals surface area contributed by atoms with Crippen LogP contribution in [0, 0.1) is 0 Å². The Labute approximate surface area is 123 Å². The molecule has 1 rings (SSSR count). The summed E-state index contributed by atoms with van der Waals surface area (Å²) < 4.78 is 0. The molecule has 0 unspecified atom stereocenters. The summed E-state index contributed by atoms with van der Waals surface area (Å²) in [6.45, 7) is 14.5. The van der Waals surface area contributed by atoms with Gasteiger partial charge in [-0.25, -0.2) is 0 Å². The van der Waals surface area contributed by atoms with Crippen LogP contribution in [0.2, 0.25) is 0 Å². The molecule has 19 heavy (non-hydrogen) atoms. The Kier molecular flexibility index (Phi) is 5.94. The lowest BCUT2D eigenvalue weighted by molar-refractivity contribution is 0.427. The molecule has 0 spiro atoms. The fourth-order valence-corrected chi connectivity index (χ4v) is 2.63. The number of thioether (sulfide) groups is 1. The second-order valence-corrected chi connectivity index (χ2v) is 8.32. The minimum atomic E-state index is 0.235. The van der Waals surface area contributed by atoms with Crippen molar-refractivity contribution in [3.05, 3.63) is 29.8 Å². The highest BCUT2D eigenvalue weighted by atomic mass is 32.2. The van der Waals surface area contributed by atoms with Gasteiger partial charge in [0.15, 0.2) is 0 Å². The quantitative estimate of drug-likeness (QED) is 0.610. The third-order valence-electron chi connectivity index (χ3n) is 2.97. The van der Waals surface area contributed by atoms with Crippen molar-refractivity contribution in [2.45, 2.75) is 63.8 Å². The van der Waals surface area contributed by atoms with Gasteiger partial charge < -0.3 is 5.32 Å². The van der Waals surface area contributed by atoms with Crippen LogP contribution in [0.15, 0.2) is 29.2 Å². The highest BCUT2D eigenvalue weighted by Crippen LogP contribution is 2.25. The Bertz CT molecular complexity index is 368. The predicted molar refractivity (Wildman–Crippen MR) is 88.2 cm³/mol. The van der Waals surface area contributed by atoms with Gasteiger partial charge in [0.25, 0.3) is 0 Å². The summed E-state index contributed by atoms with van der Waals surface area (Å²) in [5.74, 6) is 1.18. The van der Waals surface area contributed by atoms with E-state index in [1.165, 1.54) is 22.6 Å². The van der Waals surface area contributed by atoms with Crippen molar-refractivity contribution in [3.63, 3.8) is 0 Å². The zero-order valence-corrected chi connectivity index (χ0v) is 14.2. The molecule has 0 amide bonds. The first-order valence-corrected chi connectivity index (χ1v) is 8.15. The third kappa shape index (κ3) is 7.03. The molecule has 2 heteroatoms. The lowest BCUT2D eigenvalue weighted by Crippen LogP contribution is -2.36. The Hall–Kier alpha value is -0.470. The molecule has 0 fully saturated rings. The van der Waals surface area contributed by atoms with Crippen LogP contribution in [-0.4, -0.2) is 17.8 Å². The fourth-order valence-electron chi connectivity index (χ4n) is 1.78. The Balaban J connectivity index is 2.31. The van der Waals surface area contributed by atoms with Crippen LogP contribution < -0.4 is 5.32 Å². The van der Waals surface area contributed by atoms with E-state index in [2.05, 4.69) is 71.1 Å². The molecule has 0 radical (unpaired) electrons. The van der Waals surface area contributed by atoms with E-state index in [1.54, 1.807) is 0 Å². The van der Waals surface area contributed by atoms with Crippen molar-refractivity contribution in [1.29, 1.82) is 0 Å². The van der Waals surface area contributed by atoms with E-state index < -0.39 is 0 Å². The van der Waals surface area contributed by atoms with Gasteiger partial charge in [0.1, 0.15) is 0 Å². The zero-order valence-electron chi connectivity index (χ0n) is 13.3. The van der Waals surface area contributed by atoms with Gasteiger partial charge in [-0.1, -0.05) is 32.9 Å². The van der Waals surface area contributed by atoms with Crippen LogP contribution >= 0.6 is 11.8 Å². The van der Waals surface area contributed by atoms with E-state index in [4.69, 9.17) is 0 Å². The van der Waals surface area contributed by atoms with Gasteiger partial charge in [0.05, 0.1) is 0 Å². The van der Waals surface area contributed by atoms with Crippen LogP contribution in [0.5, 0.6) is 0 Å². The van der Waals surface area contributed by atoms with E-state index in [9.17, 15) is 0 Å². The molecule has 1 nitrogen and oxygen atoms in total. The summed E-state index contributed by atoms with van der Waals surface area (Å²) in [7, 11) is 0. The van der Waals surface area contributed by atoms with Crippen molar-refractivity contribution >= 4 is 11.8 Å². The van der Waals surface area contributed by atoms with Crippen LogP contribution in [-0.2, 0) is 5.41 Å². The third-order valence-corrected chi connectivity index (χ3v) is 4.06. The van der Waals surface area contributed by atoms with E-state index >= 15 is 0 Å². The number of benzene rings is 1. The molecular weight excluding hydrogens is 250 g/mol. The van der Waals surface area contributed by atoms with E-state index in [0.29, 0.717) is 0 Å². The minimum Gasteiger partial charge on any atom is -0.312 e. The molecule has 1 aromatic carbocycles. The first-order valence-electron chi connectivity index (χ1n) is 7.17. The average molecular weight is 279 g/mol. The van der Waals surface area contributed by atoms with Crippen molar-refractivity contribution in [2.75, 3.05) is 12.3 Å². The molecule has 0 aliphatic heterocycles. The summed E-state index contributed by atoms with van der Waals surface area (Å²) in [5, 5.41) is 3.52. The molecule has 0 bridgehead atoms. The highest BCUT2D eigenvalue weighted by molar-refractivity contribution is 7.99. The maximum absolute atomic E-state index is 3.52. The van der Waals surface area contributed by atoms with Crippen LogP contribution in [0.3, 0.4) is 0 Å². The SMILES string of the molecule is CC(C)(C)NCCCSc1ccc(C(C)(C)C)cc1. The fraction of sp³-hybridized carbons (Fsp3) is 0.647. The largest absolute Gasteiger partial charge is 0.312 e. The van der Waals surface area contributed by atoms with Gasteiger partial charge in [-0.15, -0.1) is 11.8 Å². The van der Waals surface area contributed by atoms with Crippen LogP contribution in [0.25, 0.3) is 0 Å². The van der Waals surface area contributed by atoms with Gasteiger partial charge in [-0.3, -0.25) is 0 Å². The van der Waals surface area contributed by atoms with E-state index in [1.807, 2.05) is 11.8 Å². The molecule has 108 valence electrons. The molecule has 0 atom stereocenters. The van der Waals surface area contributed by atoms with Crippen LogP contribution in [0.4, 0.5) is 0 Å². The predicted octanol–water partition coefficient (Wildman–Crippen LogP) is 4.85. The van der Waals surface area contributed by atoms with Crippen molar-refractivity contribution in [1.82, 2.24) is 5.32 Å². The monoisotopic (exact) mass is 279 g/mol. The highest BCUT2D eigenvalue weighted by Gasteiger charge is 2.12. The second kappa shape index (κ2) is 6.81. The summed E-state index contributed by atoms with van der Waals surface area (Å²) in [5.41, 5.74) is 1.89. The zero-order chi connectivity index (χ0) is 14.5. The second-order valence-electron chi connectivity index (χ2n) is 7.15. The lowest BCUT2D eigenvalue weighted by Gasteiger charge is -2.20. The number of rotatable bonds is 5. The Morgan fingerprint density at radius 3 is 2.00 bits per heavy atom. The number of nitrogens with one attached hydrogen (secondary N) is 1. The molecule has 0 aliphatic rings. The maximum Gasteiger partial charge on any atom is 0.00965 e. The molecule has 0 saturated carbocycles. The average Bonchev–Trinajstić information content (AvgIpc) is 2.26. The molecular formula is C17H29NS. The smallest absolute Gasteiger partial charge is 0.00965 e. The van der Waals surface area contributed by atoms with Crippen LogP contribution in [0.1, 0.15) is 53.5 Å². The van der Waals surface area contributed by atoms with E-state index in [-0.39, 0.29) is 11.0 Å². The van der Waals surface area contributed by atoms with Crippen molar-refractivity contribution in [3.8, 4) is 0 Å². The summed E-state index contributed by atoms with van der Waals surface area (Å²) in [6.07, 6.45) is 1.21. The first-order chi connectivity index (χ1) is 8.68. The van der Waals surface area contributed by atoms with Gasteiger partial charge in [0.2, 0.25) is 0 Å². The Morgan fingerprint density at radius 2 is 1.53 bits per heavy atom. The number of hydrogen-bond donors (Lipinski definition) is 1. The maximum atomic E-state index is 3.52. The topological polar surface area (TPSA) is 12.0 Å². The molecule has 1 N–H and O–H groups in total. The molecule has 0 aliphatic carbocycles. The van der Waals surface area contributed by atoms with Gasteiger partial charge in [-0.2, -0.15) is 0 Å². The lowest BCUT2D eigenvalue weighted by atomic mass is 9.87. The van der Waals surface area contributed by atoms with Crippen molar-refractivity contribution in [2.24, 2.45) is 0 Å². The standard InChI is InChI=1S/C17H29NS/c1-16(2,3)14-8-10-15(11-9-14)19-13-7-12-18-17(4,5)6/h8-11,18H,7,12-13H2,1-6H3. The van der Waals surface area contributed by atoms with Gasteiger partial charge >= 0.3 is 0 Å². The van der Waals surface area contributed by atoms with Gasteiger partial charge in [0, 0.05) is 10.4 Å². The summed E-state index contributed by atoms with van der Waals surface area (Å²) in [4.78, 5) is 1.38. The number of hydrogen-bond acceptors (Lipinski definition) is 2. The molecule has 0 saturated heterocycles. The Morgan fingerprint density at radius 1 is 0.947 bits per heavy atom. The van der Waals surface area contributed by atoms with Gasteiger partial charge in [-0.05, 0) is 62.6 Å². The summed E-state index contributed by atoms with van der Waals surface area (Å²) in [6, 6.07) is 9.02. The van der Waals surface area contributed by atoms with E-state index in [0.717, 1.165) is 6.54 Å². The van der Waals surface area contributed by atoms with Crippen molar-refractivity contribution < 1.29 is 0 Å². The first kappa shape index (κ1) is 16.6. The summed E-state index contributed by atoms with van der Waals surface area (Å²) >= 11 is 1.95.